The monoisotopic (exact) mass is 190 g/mol. The van der Waals surface area contributed by atoms with Crippen molar-refractivity contribution >= 4 is 5.69 Å². The van der Waals surface area contributed by atoms with Gasteiger partial charge in [-0.2, -0.15) is 0 Å². The minimum atomic E-state index is 0.214. The third kappa shape index (κ3) is 1.75. The van der Waals surface area contributed by atoms with Crippen LogP contribution < -0.4 is 11.1 Å². The van der Waals surface area contributed by atoms with Crippen LogP contribution in [0.2, 0.25) is 0 Å². The van der Waals surface area contributed by atoms with E-state index in [1.807, 2.05) is 0 Å². The summed E-state index contributed by atoms with van der Waals surface area (Å²) >= 11 is 0. The molecular formula is C12H18N2. The highest BCUT2D eigenvalue weighted by Crippen LogP contribution is 2.28. The quantitative estimate of drug-likeness (QED) is 0.714. The van der Waals surface area contributed by atoms with Crippen molar-refractivity contribution in [2.24, 2.45) is 5.73 Å². The fourth-order valence-corrected chi connectivity index (χ4v) is 2.00. The highest BCUT2D eigenvalue weighted by molar-refractivity contribution is 5.54. The van der Waals surface area contributed by atoms with E-state index in [0.29, 0.717) is 0 Å². The zero-order valence-corrected chi connectivity index (χ0v) is 8.72. The molecule has 1 heterocycles. The van der Waals surface area contributed by atoms with Gasteiger partial charge in [-0.3, -0.25) is 0 Å². The SMILES string of the molecule is CCc1ccc2c(c1)C(N)CCCN2. The lowest BCUT2D eigenvalue weighted by atomic mass is 9.99. The molecule has 1 unspecified atom stereocenters. The van der Waals surface area contributed by atoms with Gasteiger partial charge in [-0.15, -0.1) is 0 Å². The first kappa shape index (κ1) is 9.53. The summed E-state index contributed by atoms with van der Waals surface area (Å²) in [6.45, 7) is 3.23. The van der Waals surface area contributed by atoms with Gasteiger partial charge in [-0.1, -0.05) is 19.1 Å². The zero-order chi connectivity index (χ0) is 9.97. The Labute approximate surface area is 85.5 Å². The highest BCUT2D eigenvalue weighted by Gasteiger charge is 2.14. The lowest BCUT2D eigenvalue weighted by molar-refractivity contribution is 0.641. The average molecular weight is 190 g/mol. The summed E-state index contributed by atoms with van der Waals surface area (Å²) in [5.41, 5.74) is 10.0. The van der Waals surface area contributed by atoms with Crippen molar-refractivity contribution < 1.29 is 0 Å². The molecule has 14 heavy (non-hydrogen) atoms. The maximum atomic E-state index is 6.13. The van der Waals surface area contributed by atoms with Crippen molar-refractivity contribution in [3.63, 3.8) is 0 Å². The molecule has 3 N–H and O–H groups in total. The maximum Gasteiger partial charge on any atom is 0.0388 e. The third-order valence-corrected chi connectivity index (χ3v) is 2.93. The molecule has 1 aliphatic rings. The Bertz CT molecular complexity index is 320. The standard InChI is InChI=1S/C12H18N2/c1-2-9-5-6-12-10(8-9)11(13)4-3-7-14-12/h5-6,8,11,14H,2-4,7,13H2,1H3. The smallest absolute Gasteiger partial charge is 0.0388 e. The Morgan fingerprint density at radius 1 is 1.50 bits per heavy atom. The van der Waals surface area contributed by atoms with Crippen LogP contribution in [0.25, 0.3) is 0 Å². The number of anilines is 1. The molecule has 1 atom stereocenters. The summed E-state index contributed by atoms with van der Waals surface area (Å²) in [4.78, 5) is 0. The topological polar surface area (TPSA) is 38.0 Å². The Kier molecular flexibility index (Phi) is 2.73. The molecule has 2 nitrogen and oxygen atoms in total. The van der Waals surface area contributed by atoms with E-state index in [2.05, 4.69) is 30.4 Å². The second-order valence-corrected chi connectivity index (χ2v) is 3.95. The van der Waals surface area contributed by atoms with Crippen LogP contribution in [0.1, 0.15) is 36.9 Å². The maximum absolute atomic E-state index is 6.13. The Balaban J connectivity index is 2.39. The largest absolute Gasteiger partial charge is 0.385 e. The van der Waals surface area contributed by atoms with Gasteiger partial charge in [0.2, 0.25) is 0 Å². The van der Waals surface area contributed by atoms with E-state index in [4.69, 9.17) is 5.73 Å². The van der Waals surface area contributed by atoms with Crippen LogP contribution >= 0.6 is 0 Å². The van der Waals surface area contributed by atoms with Crippen LogP contribution in [-0.4, -0.2) is 6.54 Å². The molecule has 0 aliphatic carbocycles. The molecule has 0 aromatic heterocycles. The number of nitrogens with two attached hydrogens (primary N) is 1. The fourth-order valence-electron chi connectivity index (χ4n) is 2.00. The number of fused-ring (bicyclic) bond motifs is 1. The summed E-state index contributed by atoms with van der Waals surface area (Å²) in [6.07, 6.45) is 3.34. The van der Waals surface area contributed by atoms with Gasteiger partial charge in [0.25, 0.3) is 0 Å². The minimum absolute atomic E-state index is 0.214. The summed E-state index contributed by atoms with van der Waals surface area (Å²) < 4.78 is 0. The zero-order valence-electron chi connectivity index (χ0n) is 8.72. The normalized spacial score (nSPS) is 20.9. The van der Waals surface area contributed by atoms with E-state index in [-0.39, 0.29) is 6.04 Å². The Morgan fingerprint density at radius 3 is 3.14 bits per heavy atom. The van der Waals surface area contributed by atoms with E-state index in [9.17, 15) is 0 Å². The van der Waals surface area contributed by atoms with Crippen molar-refractivity contribution in [1.82, 2.24) is 0 Å². The second kappa shape index (κ2) is 4.01. The third-order valence-electron chi connectivity index (χ3n) is 2.93. The molecular weight excluding hydrogens is 172 g/mol. The van der Waals surface area contributed by atoms with Gasteiger partial charge in [-0.05, 0) is 36.5 Å². The summed E-state index contributed by atoms with van der Waals surface area (Å²) in [7, 11) is 0. The predicted molar refractivity (Wildman–Crippen MR) is 60.5 cm³/mol. The van der Waals surface area contributed by atoms with Crippen molar-refractivity contribution in [2.45, 2.75) is 32.2 Å². The van der Waals surface area contributed by atoms with E-state index in [1.165, 1.54) is 16.8 Å². The number of hydrogen-bond acceptors (Lipinski definition) is 2. The van der Waals surface area contributed by atoms with Gasteiger partial charge in [0, 0.05) is 18.3 Å². The Hall–Kier alpha value is -1.02. The summed E-state index contributed by atoms with van der Waals surface area (Å²) in [6, 6.07) is 6.81. The summed E-state index contributed by atoms with van der Waals surface area (Å²) in [5, 5.41) is 3.43. The van der Waals surface area contributed by atoms with Crippen LogP contribution in [0.4, 0.5) is 5.69 Å². The number of rotatable bonds is 1. The van der Waals surface area contributed by atoms with E-state index in [0.717, 1.165) is 25.8 Å². The van der Waals surface area contributed by atoms with Crippen molar-refractivity contribution in [2.75, 3.05) is 11.9 Å². The van der Waals surface area contributed by atoms with Gasteiger partial charge in [-0.25, -0.2) is 0 Å². The molecule has 2 heteroatoms. The molecule has 0 bridgehead atoms. The number of nitrogens with one attached hydrogen (secondary N) is 1. The molecule has 0 amide bonds. The molecule has 2 rings (SSSR count). The lowest BCUT2D eigenvalue weighted by Gasteiger charge is -2.13. The molecule has 1 aliphatic heterocycles. The van der Waals surface area contributed by atoms with Crippen LogP contribution in [0, 0.1) is 0 Å². The van der Waals surface area contributed by atoms with Crippen molar-refractivity contribution in [1.29, 1.82) is 0 Å². The molecule has 0 saturated carbocycles. The molecule has 1 aromatic carbocycles. The van der Waals surface area contributed by atoms with Crippen molar-refractivity contribution in [3.8, 4) is 0 Å². The summed E-state index contributed by atoms with van der Waals surface area (Å²) in [5.74, 6) is 0. The predicted octanol–water partition coefficient (Wildman–Crippen LogP) is 2.45. The van der Waals surface area contributed by atoms with Gasteiger partial charge < -0.3 is 11.1 Å². The number of hydrogen-bond donors (Lipinski definition) is 2. The average Bonchev–Trinajstić information content (AvgIpc) is 2.40. The lowest BCUT2D eigenvalue weighted by Crippen LogP contribution is -2.09. The van der Waals surface area contributed by atoms with Crippen molar-refractivity contribution in [3.05, 3.63) is 29.3 Å². The van der Waals surface area contributed by atoms with Gasteiger partial charge in [0.15, 0.2) is 0 Å². The molecule has 0 radical (unpaired) electrons. The van der Waals surface area contributed by atoms with E-state index >= 15 is 0 Å². The Morgan fingerprint density at radius 2 is 2.36 bits per heavy atom. The van der Waals surface area contributed by atoms with Gasteiger partial charge in [0.05, 0.1) is 0 Å². The number of benzene rings is 1. The number of aryl methyl sites for hydroxylation is 1. The second-order valence-electron chi connectivity index (χ2n) is 3.95. The van der Waals surface area contributed by atoms with Crippen LogP contribution in [0.3, 0.4) is 0 Å². The van der Waals surface area contributed by atoms with Crippen LogP contribution in [0.5, 0.6) is 0 Å². The fraction of sp³-hybridized carbons (Fsp3) is 0.500. The molecule has 76 valence electrons. The molecule has 0 spiro atoms. The van der Waals surface area contributed by atoms with Gasteiger partial charge in [0.1, 0.15) is 0 Å². The van der Waals surface area contributed by atoms with Gasteiger partial charge >= 0.3 is 0 Å². The first-order valence-electron chi connectivity index (χ1n) is 5.43. The minimum Gasteiger partial charge on any atom is -0.385 e. The first-order chi connectivity index (χ1) is 6.81. The van der Waals surface area contributed by atoms with Crippen LogP contribution in [-0.2, 0) is 6.42 Å². The van der Waals surface area contributed by atoms with Crippen LogP contribution in [0.15, 0.2) is 18.2 Å². The van der Waals surface area contributed by atoms with E-state index < -0.39 is 0 Å². The molecule has 0 saturated heterocycles. The first-order valence-corrected chi connectivity index (χ1v) is 5.43. The molecule has 0 fully saturated rings. The molecule has 1 aromatic rings. The van der Waals surface area contributed by atoms with E-state index in [1.54, 1.807) is 0 Å². The highest BCUT2D eigenvalue weighted by atomic mass is 14.9.